The normalized spacial score (nSPS) is 27.7. The maximum atomic E-state index is 9.36. The van der Waals surface area contributed by atoms with Gasteiger partial charge in [0, 0.05) is 25.7 Å². The number of aliphatic hydroxyl groups is 1. The van der Waals surface area contributed by atoms with Crippen LogP contribution in [-0.4, -0.2) is 36.8 Å². The van der Waals surface area contributed by atoms with Gasteiger partial charge < -0.3 is 15.7 Å². The fraction of sp³-hybridized carbons (Fsp3) is 0.938. The first-order valence-corrected chi connectivity index (χ1v) is 8.35. The molecule has 2 aliphatic rings. The fourth-order valence-corrected chi connectivity index (χ4v) is 3.29. The fourth-order valence-electron chi connectivity index (χ4n) is 3.29. The highest BCUT2D eigenvalue weighted by molar-refractivity contribution is 14.0. The molecule has 2 rings (SSSR count). The molecule has 2 aliphatic carbocycles. The van der Waals surface area contributed by atoms with E-state index in [1.807, 2.05) is 0 Å². The van der Waals surface area contributed by atoms with E-state index in [9.17, 15) is 5.11 Å². The largest absolute Gasteiger partial charge is 0.396 e. The SMILES string of the molecule is CCNC(=NCC1(CCO)CCCCC1)NC1CC1C.I. The van der Waals surface area contributed by atoms with Gasteiger partial charge in [-0.25, -0.2) is 0 Å². The van der Waals surface area contributed by atoms with Crippen LogP contribution in [0.2, 0.25) is 0 Å². The van der Waals surface area contributed by atoms with Crippen LogP contribution in [0, 0.1) is 11.3 Å². The highest BCUT2D eigenvalue weighted by Crippen LogP contribution is 2.39. The molecule has 0 bridgehead atoms. The molecule has 21 heavy (non-hydrogen) atoms. The number of hydrogen-bond donors (Lipinski definition) is 3. The van der Waals surface area contributed by atoms with Crippen molar-refractivity contribution >= 4 is 29.9 Å². The van der Waals surface area contributed by atoms with Crippen molar-refractivity contribution in [3.8, 4) is 0 Å². The lowest BCUT2D eigenvalue weighted by Crippen LogP contribution is -2.40. The van der Waals surface area contributed by atoms with Crippen LogP contribution in [0.25, 0.3) is 0 Å². The number of halogens is 1. The van der Waals surface area contributed by atoms with Crippen molar-refractivity contribution in [1.29, 1.82) is 0 Å². The van der Waals surface area contributed by atoms with Crippen LogP contribution in [0.3, 0.4) is 0 Å². The average Bonchev–Trinajstić information content (AvgIpc) is 3.13. The van der Waals surface area contributed by atoms with Gasteiger partial charge in [-0.05, 0) is 43.9 Å². The lowest BCUT2D eigenvalue weighted by molar-refractivity contribution is 0.137. The molecule has 5 heteroatoms. The molecule has 0 aliphatic heterocycles. The monoisotopic (exact) mass is 409 g/mol. The molecule has 0 spiro atoms. The van der Waals surface area contributed by atoms with Crippen molar-refractivity contribution < 1.29 is 5.11 Å². The summed E-state index contributed by atoms with van der Waals surface area (Å²) in [5.41, 5.74) is 0.241. The van der Waals surface area contributed by atoms with E-state index in [2.05, 4.69) is 24.5 Å². The van der Waals surface area contributed by atoms with Gasteiger partial charge in [0.2, 0.25) is 0 Å². The molecular formula is C16H32IN3O. The zero-order valence-corrected chi connectivity index (χ0v) is 15.9. The summed E-state index contributed by atoms with van der Waals surface area (Å²) in [5.74, 6) is 1.74. The highest BCUT2D eigenvalue weighted by atomic mass is 127. The standard InChI is InChI=1S/C16H31N3O.HI/c1-3-17-15(19-14-11-13(14)2)18-12-16(9-10-20)7-5-4-6-8-16;/h13-14,20H,3-12H2,1-2H3,(H2,17,18,19);1H. The van der Waals surface area contributed by atoms with Crippen LogP contribution in [0.15, 0.2) is 4.99 Å². The van der Waals surface area contributed by atoms with Crippen molar-refractivity contribution in [2.45, 2.75) is 64.8 Å². The van der Waals surface area contributed by atoms with E-state index in [-0.39, 0.29) is 29.4 Å². The molecule has 2 unspecified atom stereocenters. The molecule has 2 fully saturated rings. The van der Waals surface area contributed by atoms with Gasteiger partial charge in [-0.15, -0.1) is 24.0 Å². The van der Waals surface area contributed by atoms with Crippen molar-refractivity contribution in [1.82, 2.24) is 10.6 Å². The molecule has 0 aromatic rings. The third kappa shape index (κ3) is 5.93. The van der Waals surface area contributed by atoms with Crippen LogP contribution < -0.4 is 10.6 Å². The van der Waals surface area contributed by atoms with Gasteiger partial charge >= 0.3 is 0 Å². The highest BCUT2D eigenvalue weighted by Gasteiger charge is 2.34. The summed E-state index contributed by atoms with van der Waals surface area (Å²) in [4.78, 5) is 4.83. The molecule has 0 amide bonds. The number of hydrogen-bond acceptors (Lipinski definition) is 2. The Balaban J connectivity index is 0.00000220. The second-order valence-corrected chi connectivity index (χ2v) is 6.69. The zero-order valence-electron chi connectivity index (χ0n) is 13.5. The van der Waals surface area contributed by atoms with Gasteiger partial charge in [-0.3, -0.25) is 4.99 Å². The van der Waals surface area contributed by atoms with Crippen molar-refractivity contribution in [2.24, 2.45) is 16.3 Å². The predicted octanol–water partition coefficient (Wildman–Crippen LogP) is 2.90. The summed E-state index contributed by atoms with van der Waals surface area (Å²) in [6, 6.07) is 0.605. The molecule has 0 aromatic carbocycles. The lowest BCUT2D eigenvalue weighted by atomic mass is 9.72. The van der Waals surface area contributed by atoms with E-state index in [0.717, 1.165) is 31.4 Å². The van der Waals surface area contributed by atoms with Crippen LogP contribution in [0.4, 0.5) is 0 Å². The second kappa shape index (κ2) is 9.18. The average molecular weight is 409 g/mol. The number of aliphatic imine (C=N–C) groups is 1. The quantitative estimate of drug-likeness (QED) is 0.359. The van der Waals surface area contributed by atoms with Crippen LogP contribution in [0.5, 0.6) is 0 Å². The zero-order chi connectivity index (χ0) is 14.4. The van der Waals surface area contributed by atoms with Gasteiger partial charge in [-0.1, -0.05) is 26.2 Å². The van der Waals surface area contributed by atoms with E-state index in [0.29, 0.717) is 12.6 Å². The molecule has 2 atom stereocenters. The van der Waals surface area contributed by atoms with Gasteiger partial charge in [-0.2, -0.15) is 0 Å². The molecule has 4 nitrogen and oxygen atoms in total. The minimum Gasteiger partial charge on any atom is -0.396 e. The second-order valence-electron chi connectivity index (χ2n) is 6.69. The Labute approximate surface area is 146 Å². The van der Waals surface area contributed by atoms with Crippen molar-refractivity contribution in [2.75, 3.05) is 19.7 Å². The molecular weight excluding hydrogens is 377 g/mol. The summed E-state index contributed by atoms with van der Waals surface area (Å²) >= 11 is 0. The first-order valence-electron chi connectivity index (χ1n) is 8.35. The van der Waals surface area contributed by atoms with E-state index in [4.69, 9.17) is 4.99 Å². The lowest BCUT2D eigenvalue weighted by Gasteiger charge is -2.35. The first kappa shape index (κ1) is 19.0. The van der Waals surface area contributed by atoms with Gasteiger partial charge in [0.1, 0.15) is 0 Å². The molecule has 124 valence electrons. The maximum absolute atomic E-state index is 9.36. The minimum absolute atomic E-state index is 0. The number of rotatable bonds is 6. The molecule has 0 radical (unpaired) electrons. The van der Waals surface area contributed by atoms with Crippen LogP contribution in [0.1, 0.15) is 58.8 Å². The number of nitrogens with zero attached hydrogens (tertiary/aromatic N) is 1. The summed E-state index contributed by atoms with van der Waals surface area (Å²) in [7, 11) is 0. The Kier molecular flexibility index (Phi) is 8.31. The Morgan fingerprint density at radius 2 is 1.95 bits per heavy atom. The van der Waals surface area contributed by atoms with Crippen molar-refractivity contribution in [3.63, 3.8) is 0 Å². The van der Waals surface area contributed by atoms with Crippen LogP contribution >= 0.6 is 24.0 Å². The smallest absolute Gasteiger partial charge is 0.191 e. The summed E-state index contributed by atoms with van der Waals surface area (Å²) in [5, 5.41) is 16.2. The first-order chi connectivity index (χ1) is 9.69. The minimum atomic E-state index is 0. The molecule has 0 aromatic heterocycles. The molecule has 0 saturated heterocycles. The predicted molar refractivity (Wildman–Crippen MR) is 99.3 cm³/mol. The van der Waals surface area contributed by atoms with Gasteiger partial charge in [0.15, 0.2) is 5.96 Å². The summed E-state index contributed by atoms with van der Waals surface area (Å²) < 4.78 is 0. The van der Waals surface area contributed by atoms with E-state index >= 15 is 0 Å². The molecule has 0 heterocycles. The van der Waals surface area contributed by atoms with Crippen LogP contribution in [-0.2, 0) is 0 Å². The van der Waals surface area contributed by atoms with Crippen molar-refractivity contribution in [3.05, 3.63) is 0 Å². The number of nitrogens with one attached hydrogen (secondary N) is 2. The Bertz CT molecular complexity index is 324. The third-order valence-corrected chi connectivity index (χ3v) is 4.90. The summed E-state index contributed by atoms with van der Waals surface area (Å²) in [6.45, 7) is 6.43. The van der Waals surface area contributed by atoms with E-state index in [1.165, 1.54) is 38.5 Å². The Hall–Kier alpha value is -0.0400. The Morgan fingerprint density at radius 3 is 2.48 bits per heavy atom. The molecule has 3 N–H and O–H groups in total. The maximum Gasteiger partial charge on any atom is 0.191 e. The topological polar surface area (TPSA) is 56.7 Å². The third-order valence-electron chi connectivity index (χ3n) is 4.90. The van der Waals surface area contributed by atoms with E-state index in [1.54, 1.807) is 0 Å². The van der Waals surface area contributed by atoms with Gasteiger partial charge in [0.25, 0.3) is 0 Å². The van der Waals surface area contributed by atoms with Gasteiger partial charge in [0.05, 0.1) is 0 Å². The summed E-state index contributed by atoms with van der Waals surface area (Å²) in [6.07, 6.45) is 8.52. The number of guanidine groups is 1. The molecule has 2 saturated carbocycles. The van der Waals surface area contributed by atoms with E-state index < -0.39 is 0 Å². The number of aliphatic hydroxyl groups excluding tert-OH is 1. The Morgan fingerprint density at radius 1 is 1.29 bits per heavy atom.